The SMILES string of the molecule is Cc1ccc(N(CCc2ccc(C(F)(F)F)c(F)c2)C(=O)C(N)c2ccccc2)cc1C.Cl. The number of alkyl halides is 3. The minimum absolute atomic E-state index is 0. The molecule has 0 heterocycles. The molecular formula is C25H25ClF4N2O. The van der Waals surface area contributed by atoms with Gasteiger partial charge in [-0.25, -0.2) is 4.39 Å². The van der Waals surface area contributed by atoms with Gasteiger partial charge in [0.2, 0.25) is 5.91 Å². The van der Waals surface area contributed by atoms with E-state index in [1.165, 1.54) is 11.0 Å². The van der Waals surface area contributed by atoms with Crippen molar-refractivity contribution in [1.29, 1.82) is 0 Å². The summed E-state index contributed by atoms with van der Waals surface area (Å²) in [5, 5.41) is 0. The molecular weight excluding hydrogens is 456 g/mol. The second kappa shape index (κ2) is 10.8. The number of halogens is 5. The summed E-state index contributed by atoms with van der Waals surface area (Å²) in [7, 11) is 0. The number of aryl methyl sites for hydroxylation is 2. The van der Waals surface area contributed by atoms with Crippen LogP contribution >= 0.6 is 12.4 Å². The molecule has 0 aromatic heterocycles. The number of nitrogens with two attached hydrogens (primary N) is 1. The first-order valence-electron chi connectivity index (χ1n) is 10.1. The lowest BCUT2D eigenvalue weighted by Crippen LogP contribution is -2.40. The molecule has 1 unspecified atom stereocenters. The van der Waals surface area contributed by atoms with Crippen LogP contribution in [0.4, 0.5) is 23.2 Å². The maximum atomic E-state index is 14.0. The van der Waals surface area contributed by atoms with Gasteiger partial charge in [-0.1, -0.05) is 42.5 Å². The van der Waals surface area contributed by atoms with Gasteiger partial charge in [-0.05, 0) is 66.8 Å². The number of benzene rings is 3. The molecule has 2 N–H and O–H groups in total. The van der Waals surface area contributed by atoms with Gasteiger partial charge in [0.15, 0.2) is 0 Å². The van der Waals surface area contributed by atoms with Gasteiger partial charge in [-0.2, -0.15) is 13.2 Å². The van der Waals surface area contributed by atoms with Gasteiger partial charge in [-0.15, -0.1) is 12.4 Å². The fourth-order valence-corrected chi connectivity index (χ4v) is 3.42. The zero-order chi connectivity index (χ0) is 23.5. The number of amides is 1. The molecule has 176 valence electrons. The Morgan fingerprint density at radius 3 is 2.21 bits per heavy atom. The summed E-state index contributed by atoms with van der Waals surface area (Å²) < 4.78 is 52.5. The van der Waals surface area contributed by atoms with Crippen molar-refractivity contribution in [3.05, 3.63) is 100 Å². The highest BCUT2D eigenvalue weighted by molar-refractivity contribution is 5.97. The van der Waals surface area contributed by atoms with Crippen molar-refractivity contribution in [2.75, 3.05) is 11.4 Å². The van der Waals surface area contributed by atoms with E-state index in [2.05, 4.69) is 0 Å². The minimum Gasteiger partial charge on any atom is -0.316 e. The molecule has 0 fully saturated rings. The van der Waals surface area contributed by atoms with Crippen LogP contribution < -0.4 is 10.6 Å². The normalized spacial score (nSPS) is 12.1. The first-order valence-corrected chi connectivity index (χ1v) is 10.1. The molecule has 3 aromatic carbocycles. The number of carbonyl (C=O) groups is 1. The Bertz CT molecular complexity index is 1100. The monoisotopic (exact) mass is 480 g/mol. The molecule has 0 aliphatic rings. The second-order valence-corrected chi connectivity index (χ2v) is 7.71. The Morgan fingerprint density at radius 1 is 0.970 bits per heavy atom. The van der Waals surface area contributed by atoms with Crippen LogP contribution in [0.2, 0.25) is 0 Å². The van der Waals surface area contributed by atoms with Crippen LogP contribution in [0.25, 0.3) is 0 Å². The number of nitrogens with zero attached hydrogens (tertiary/aromatic N) is 1. The smallest absolute Gasteiger partial charge is 0.316 e. The number of anilines is 1. The molecule has 0 radical (unpaired) electrons. The van der Waals surface area contributed by atoms with E-state index in [9.17, 15) is 22.4 Å². The largest absolute Gasteiger partial charge is 0.419 e. The molecule has 1 amide bonds. The molecule has 0 bridgehead atoms. The average molecular weight is 481 g/mol. The molecule has 33 heavy (non-hydrogen) atoms. The predicted molar refractivity (Wildman–Crippen MR) is 124 cm³/mol. The quantitative estimate of drug-likeness (QED) is 0.429. The van der Waals surface area contributed by atoms with Gasteiger partial charge in [0, 0.05) is 12.2 Å². The van der Waals surface area contributed by atoms with Gasteiger partial charge in [-0.3, -0.25) is 4.79 Å². The number of hydrogen-bond acceptors (Lipinski definition) is 2. The van der Waals surface area contributed by atoms with Crippen LogP contribution in [-0.4, -0.2) is 12.5 Å². The summed E-state index contributed by atoms with van der Waals surface area (Å²) in [6.45, 7) is 4.00. The standard InChI is InChI=1S/C25H24F4N2O.ClH/c1-16-8-10-20(14-17(16)2)31(24(32)23(30)19-6-4-3-5-7-19)13-12-18-9-11-21(22(26)15-18)25(27,28)29;/h3-11,14-15,23H,12-13,30H2,1-2H3;1H. The molecule has 3 aromatic rings. The summed E-state index contributed by atoms with van der Waals surface area (Å²) in [4.78, 5) is 14.8. The second-order valence-electron chi connectivity index (χ2n) is 7.71. The minimum atomic E-state index is -4.76. The molecule has 3 rings (SSSR count). The van der Waals surface area contributed by atoms with Crippen LogP contribution in [0.1, 0.15) is 33.9 Å². The Hall–Kier alpha value is -2.90. The topological polar surface area (TPSA) is 46.3 Å². The Morgan fingerprint density at radius 2 is 1.64 bits per heavy atom. The number of hydrogen-bond donors (Lipinski definition) is 1. The highest BCUT2D eigenvalue weighted by Gasteiger charge is 2.34. The molecule has 1 atom stereocenters. The summed E-state index contributed by atoms with van der Waals surface area (Å²) in [6.07, 6.45) is -4.60. The molecule has 0 aliphatic heterocycles. The molecule has 0 aliphatic carbocycles. The summed E-state index contributed by atoms with van der Waals surface area (Å²) in [6, 6.07) is 16.3. The van der Waals surface area contributed by atoms with E-state index in [-0.39, 0.29) is 31.3 Å². The van der Waals surface area contributed by atoms with E-state index in [4.69, 9.17) is 5.73 Å². The fraction of sp³-hybridized carbons (Fsp3) is 0.240. The van der Waals surface area contributed by atoms with Crippen molar-refractivity contribution in [3.8, 4) is 0 Å². The van der Waals surface area contributed by atoms with Gasteiger partial charge in [0.25, 0.3) is 0 Å². The highest BCUT2D eigenvalue weighted by atomic mass is 35.5. The summed E-state index contributed by atoms with van der Waals surface area (Å²) in [5.41, 5.74) is 8.57. The van der Waals surface area contributed by atoms with E-state index < -0.39 is 23.6 Å². The Labute approximate surface area is 196 Å². The number of carbonyl (C=O) groups excluding carboxylic acids is 1. The number of rotatable bonds is 6. The molecule has 0 saturated carbocycles. The van der Waals surface area contributed by atoms with E-state index in [1.807, 2.05) is 32.0 Å². The van der Waals surface area contributed by atoms with Gasteiger partial charge in [0.05, 0.1) is 5.56 Å². The van der Waals surface area contributed by atoms with Crippen LogP contribution in [0.15, 0.2) is 66.7 Å². The first-order chi connectivity index (χ1) is 15.1. The zero-order valence-corrected chi connectivity index (χ0v) is 19.0. The van der Waals surface area contributed by atoms with E-state index >= 15 is 0 Å². The van der Waals surface area contributed by atoms with Crippen molar-refractivity contribution >= 4 is 24.0 Å². The summed E-state index contributed by atoms with van der Waals surface area (Å²) in [5.74, 6) is -1.69. The maximum absolute atomic E-state index is 14.0. The zero-order valence-electron chi connectivity index (χ0n) is 18.2. The van der Waals surface area contributed by atoms with Crippen molar-refractivity contribution in [1.82, 2.24) is 0 Å². The van der Waals surface area contributed by atoms with Crippen molar-refractivity contribution in [2.24, 2.45) is 5.73 Å². The van der Waals surface area contributed by atoms with Crippen LogP contribution in [0.5, 0.6) is 0 Å². The molecule has 0 saturated heterocycles. The lowest BCUT2D eigenvalue weighted by atomic mass is 10.0. The van der Waals surface area contributed by atoms with Crippen LogP contribution in [0, 0.1) is 19.7 Å². The van der Waals surface area contributed by atoms with E-state index in [0.717, 1.165) is 23.3 Å². The molecule has 3 nitrogen and oxygen atoms in total. The first kappa shape index (κ1) is 26.4. The third-order valence-electron chi connectivity index (χ3n) is 5.46. The van der Waals surface area contributed by atoms with Crippen molar-refractivity contribution < 1.29 is 22.4 Å². The van der Waals surface area contributed by atoms with E-state index in [1.54, 1.807) is 30.3 Å². The third-order valence-corrected chi connectivity index (χ3v) is 5.46. The summed E-state index contributed by atoms with van der Waals surface area (Å²) >= 11 is 0. The van der Waals surface area contributed by atoms with Crippen molar-refractivity contribution in [3.63, 3.8) is 0 Å². The Kier molecular flexibility index (Phi) is 8.63. The predicted octanol–water partition coefficient (Wildman–Crippen LogP) is 6.16. The highest BCUT2D eigenvalue weighted by Crippen LogP contribution is 2.32. The van der Waals surface area contributed by atoms with Crippen LogP contribution in [-0.2, 0) is 17.4 Å². The fourth-order valence-electron chi connectivity index (χ4n) is 3.42. The maximum Gasteiger partial charge on any atom is 0.419 e. The average Bonchev–Trinajstić information content (AvgIpc) is 2.75. The van der Waals surface area contributed by atoms with Gasteiger partial charge < -0.3 is 10.6 Å². The van der Waals surface area contributed by atoms with Gasteiger partial charge >= 0.3 is 6.18 Å². The van der Waals surface area contributed by atoms with Crippen LogP contribution in [0.3, 0.4) is 0 Å². The molecule has 0 spiro atoms. The molecule has 8 heteroatoms. The van der Waals surface area contributed by atoms with Gasteiger partial charge in [0.1, 0.15) is 11.9 Å². The lowest BCUT2D eigenvalue weighted by Gasteiger charge is -2.27. The van der Waals surface area contributed by atoms with Crippen molar-refractivity contribution in [2.45, 2.75) is 32.5 Å². The van der Waals surface area contributed by atoms with E-state index in [0.29, 0.717) is 16.8 Å². The lowest BCUT2D eigenvalue weighted by molar-refractivity contribution is -0.140. The Balaban J connectivity index is 0.00000385. The third kappa shape index (κ3) is 6.33.